The smallest absolute Gasteiger partial charge is 0.379 e. The lowest BCUT2D eigenvalue weighted by molar-refractivity contribution is -0.0435. The van der Waals surface area contributed by atoms with Crippen molar-refractivity contribution in [3.63, 3.8) is 0 Å². The van der Waals surface area contributed by atoms with Crippen LogP contribution in [0.5, 0.6) is 0 Å². The first-order valence-corrected chi connectivity index (χ1v) is 7.43. The van der Waals surface area contributed by atoms with E-state index in [2.05, 4.69) is 5.32 Å². The number of nitrogens with one attached hydrogen (secondary N) is 1. The molecule has 0 saturated heterocycles. The van der Waals surface area contributed by atoms with Crippen LogP contribution in [0.1, 0.15) is 26.2 Å². The van der Waals surface area contributed by atoms with Crippen LogP contribution in [-0.2, 0) is 9.84 Å². The van der Waals surface area contributed by atoms with Gasteiger partial charge in [-0.15, -0.1) is 0 Å². The van der Waals surface area contributed by atoms with E-state index in [1.165, 1.54) is 0 Å². The zero-order valence-electron chi connectivity index (χ0n) is 10.6. The Labute approximate surface area is 113 Å². The van der Waals surface area contributed by atoms with E-state index in [1.54, 1.807) is 6.92 Å². The Morgan fingerprint density at radius 3 is 2.30 bits per heavy atom. The number of anilines is 1. The van der Waals surface area contributed by atoms with Crippen molar-refractivity contribution in [1.82, 2.24) is 0 Å². The normalized spacial score (nSPS) is 18.4. The van der Waals surface area contributed by atoms with Crippen LogP contribution in [0, 0.1) is 5.82 Å². The zero-order chi connectivity index (χ0) is 15.2. The Kier molecular flexibility index (Phi) is 3.48. The Bertz CT molecular complexity index is 621. The van der Waals surface area contributed by atoms with Gasteiger partial charge in [-0.3, -0.25) is 0 Å². The van der Waals surface area contributed by atoms with E-state index >= 15 is 0 Å². The monoisotopic (exact) mass is 311 g/mol. The maximum atomic E-state index is 13.1. The molecule has 1 aliphatic carbocycles. The third-order valence-corrected chi connectivity index (χ3v) is 4.96. The molecular formula is C12H13F4NO2S. The summed E-state index contributed by atoms with van der Waals surface area (Å²) in [6, 6.07) is 2.35. The first kappa shape index (κ1) is 15.1. The second kappa shape index (κ2) is 4.61. The molecule has 0 atom stereocenters. The maximum absolute atomic E-state index is 13.1. The molecule has 1 aromatic carbocycles. The molecule has 0 heterocycles. The summed E-state index contributed by atoms with van der Waals surface area (Å²) >= 11 is 0. The van der Waals surface area contributed by atoms with Crippen molar-refractivity contribution in [2.75, 3.05) is 5.32 Å². The fraction of sp³-hybridized carbons (Fsp3) is 0.500. The summed E-state index contributed by atoms with van der Waals surface area (Å²) in [5, 5.41) is 2.78. The van der Waals surface area contributed by atoms with Gasteiger partial charge < -0.3 is 5.32 Å². The fourth-order valence-electron chi connectivity index (χ4n) is 2.10. The highest BCUT2D eigenvalue weighted by Gasteiger charge is 2.48. The molecule has 1 fully saturated rings. The van der Waals surface area contributed by atoms with Crippen LogP contribution >= 0.6 is 0 Å². The standard InChI is InChI=1S/C12H13F4NO2S/c1-11(5-2-6-11)17-9-4-3-8(13)7-10(9)20(18,19)12(14,15)16/h3-4,7,17H,2,5-6H2,1H3. The highest BCUT2D eigenvalue weighted by molar-refractivity contribution is 7.92. The topological polar surface area (TPSA) is 46.2 Å². The van der Waals surface area contributed by atoms with Crippen molar-refractivity contribution in [2.45, 2.75) is 42.1 Å². The summed E-state index contributed by atoms with van der Waals surface area (Å²) in [5.41, 5.74) is -6.13. The Hall–Kier alpha value is -1.31. The van der Waals surface area contributed by atoms with Crippen molar-refractivity contribution in [1.29, 1.82) is 0 Å². The largest absolute Gasteiger partial charge is 0.501 e. The minimum Gasteiger partial charge on any atom is -0.379 e. The molecule has 2 rings (SSSR count). The van der Waals surface area contributed by atoms with E-state index in [0.717, 1.165) is 31.4 Å². The second-order valence-electron chi connectivity index (χ2n) is 5.13. The van der Waals surface area contributed by atoms with Crippen molar-refractivity contribution < 1.29 is 26.0 Å². The molecule has 112 valence electrons. The van der Waals surface area contributed by atoms with Crippen molar-refractivity contribution in [2.24, 2.45) is 0 Å². The predicted molar refractivity (Wildman–Crippen MR) is 65.5 cm³/mol. The molecule has 0 amide bonds. The van der Waals surface area contributed by atoms with Crippen LogP contribution in [-0.4, -0.2) is 19.5 Å². The van der Waals surface area contributed by atoms with E-state index in [9.17, 15) is 26.0 Å². The molecule has 0 spiro atoms. The van der Waals surface area contributed by atoms with E-state index in [1.807, 2.05) is 0 Å². The summed E-state index contributed by atoms with van der Waals surface area (Å²) in [7, 11) is -5.59. The number of benzene rings is 1. The zero-order valence-corrected chi connectivity index (χ0v) is 11.4. The number of hydrogen-bond acceptors (Lipinski definition) is 3. The minimum atomic E-state index is -5.59. The number of sulfone groups is 1. The SMILES string of the molecule is CC1(Nc2ccc(F)cc2S(=O)(=O)C(F)(F)F)CCC1. The Morgan fingerprint density at radius 1 is 1.25 bits per heavy atom. The van der Waals surface area contributed by atoms with Gasteiger partial charge in [0, 0.05) is 5.54 Å². The average Bonchev–Trinajstić information content (AvgIpc) is 2.27. The highest BCUT2D eigenvalue weighted by Crippen LogP contribution is 2.39. The van der Waals surface area contributed by atoms with Gasteiger partial charge in [-0.2, -0.15) is 13.2 Å². The third kappa shape index (κ3) is 2.61. The molecule has 8 heteroatoms. The number of alkyl halides is 3. The maximum Gasteiger partial charge on any atom is 0.501 e. The molecule has 3 nitrogen and oxygen atoms in total. The van der Waals surface area contributed by atoms with E-state index in [0.29, 0.717) is 6.07 Å². The van der Waals surface area contributed by atoms with E-state index in [4.69, 9.17) is 0 Å². The molecule has 0 unspecified atom stereocenters. The summed E-state index contributed by atoms with van der Waals surface area (Å²) in [5.74, 6) is -1.03. The van der Waals surface area contributed by atoms with Crippen molar-refractivity contribution in [3.05, 3.63) is 24.0 Å². The molecule has 0 bridgehead atoms. The van der Waals surface area contributed by atoms with Crippen LogP contribution in [0.15, 0.2) is 23.1 Å². The van der Waals surface area contributed by atoms with Gasteiger partial charge in [-0.25, -0.2) is 12.8 Å². The lowest BCUT2D eigenvalue weighted by Gasteiger charge is -2.40. The Morgan fingerprint density at radius 2 is 1.85 bits per heavy atom. The lowest BCUT2D eigenvalue weighted by Crippen LogP contribution is -2.42. The summed E-state index contributed by atoms with van der Waals surface area (Å²) in [4.78, 5) is -1.07. The van der Waals surface area contributed by atoms with Crippen molar-refractivity contribution in [3.8, 4) is 0 Å². The van der Waals surface area contributed by atoms with Crippen LogP contribution in [0.4, 0.5) is 23.2 Å². The van der Waals surface area contributed by atoms with Gasteiger partial charge in [0.2, 0.25) is 0 Å². The van der Waals surface area contributed by atoms with Crippen molar-refractivity contribution >= 4 is 15.5 Å². The third-order valence-electron chi connectivity index (χ3n) is 3.43. The minimum absolute atomic E-state index is 0.217. The van der Waals surface area contributed by atoms with Gasteiger partial charge in [0.05, 0.1) is 5.69 Å². The fourth-order valence-corrected chi connectivity index (χ4v) is 3.03. The molecule has 1 aromatic rings. The quantitative estimate of drug-likeness (QED) is 0.869. The molecular weight excluding hydrogens is 298 g/mol. The van der Waals surface area contributed by atoms with Gasteiger partial charge >= 0.3 is 5.51 Å². The summed E-state index contributed by atoms with van der Waals surface area (Å²) in [6.45, 7) is 1.78. The summed E-state index contributed by atoms with van der Waals surface area (Å²) < 4.78 is 74.0. The summed E-state index contributed by atoms with van der Waals surface area (Å²) in [6.07, 6.45) is 2.35. The molecule has 1 N–H and O–H groups in total. The first-order valence-electron chi connectivity index (χ1n) is 5.94. The lowest BCUT2D eigenvalue weighted by atomic mass is 9.78. The Balaban J connectivity index is 2.49. The average molecular weight is 311 g/mol. The molecule has 1 aliphatic rings. The van der Waals surface area contributed by atoms with Gasteiger partial charge in [0.15, 0.2) is 0 Å². The molecule has 0 radical (unpaired) electrons. The van der Waals surface area contributed by atoms with Crippen LogP contribution in [0.3, 0.4) is 0 Å². The van der Waals surface area contributed by atoms with Gasteiger partial charge in [0.25, 0.3) is 9.84 Å². The van der Waals surface area contributed by atoms with Gasteiger partial charge in [0.1, 0.15) is 10.7 Å². The first-order chi connectivity index (χ1) is 9.05. The molecule has 0 aliphatic heterocycles. The van der Waals surface area contributed by atoms with E-state index < -0.39 is 31.6 Å². The number of rotatable bonds is 3. The number of halogens is 4. The molecule has 1 saturated carbocycles. The van der Waals surface area contributed by atoms with Crippen LogP contribution in [0.2, 0.25) is 0 Å². The predicted octanol–water partition coefficient (Wildman–Crippen LogP) is 3.47. The second-order valence-corrected chi connectivity index (χ2v) is 7.04. The molecule has 20 heavy (non-hydrogen) atoms. The van der Waals surface area contributed by atoms with Crippen LogP contribution in [0.25, 0.3) is 0 Å². The van der Waals surface area contributed by atoms with E-state index in [-0.39, 0.29) is 5.69 Å². The highest BCUT2D eigenvalue weighted by atomic mass is 32.2. The van der Waals surface area contributed by atoms with Crippen LogP contribution < -0.4 is 5.32 Å². The van der Waals surface area contributed by atoms with Gasteiger partial charge in [-0.05, 0) is 44.4 Å². The van der Waals surface area contributed by atoms with Gasteiger partial charge in [-0.1, -0.05) is 0 Å². The number of hydrogen-bond donors (Lipinski definition) is 1. The molecule has 0 aromatic heterocycles.